The fraction of sp³-hybridized carbons (Fsp3) is 0.250. The molecule has 0 fully saturated rings. The quantitative estimate of drug-likeness (QED) is 0.466. The molecule has 1 heterocycles. The fourth-order valence-electron chi connectivity index (χ4n) is 3.12. The van der Waals surface area contributed by atoms with Crippen LogP contribution in [-0.2, 0) is 10.0 Å². The third kappa shape index (κ3) is 7.06. The van der Waals surface area contributed by atoms with Crippen molar-refractivity contribution in [2.24, 2.45) is 10.9 Å². The summed E-state index contributed by atoms with van der Waals surface area (Å²) in [5.74, 6) is 0.136. The van der Waals surface area contributed by atoms with E-state index in [0.29, 0.717) is 13.1 Å². The summed E-state index contributed by atoms with van der Waals surface area (Å²) >= 11 is 0. The smallest absolute Gasteiger partial charge is 0.238 e. The van der Waals surface area contributed by atoms with Gasteiger partial charge in [-0.25, -0.2) is 13.6 Å². The number of aromatic nitrogens is 1. The Kier molecular flexibility index (Phi) is 11.8. The lowest BCUT2D eigenvalue weighted by Crippen LogP contribution is -2.29. The van der Waals surface area contributed by atoms with Crippen molar-refractivity contribution in [3.8, 4) is 0 Å². The van der Waals surface area contributed by atoms with Crippen LogP contribution >= 0.6 is 37.2 Å². The summed E-state index contributed by atoms with van der Waals surface area (Å²) in [4.78, 5) is 4.61. The number of rotatable bonds is 7. The lowest BCUT2D eigenvalue weighted by molar-refractivity contribution is 0.559. The molecule has 2 aromatic carbocycles. The molecular weight excluding hydrogens is 467 g/mol. The van der Waals surface area contributed by atoms with Crippen LogP contribution in [0.3, 0.4) is 0 Å². The number of benzene rings is 2. The first-order valence-corrected chi connectivity index (χ1v) is 10.3. The first-order chi connectivity index (χ1) is 12.9. The average molecular weight is 494 g/mol. The molecule has 166 valence electrons. The molecule has 0 aliphatic rings. The van der Waals surface area contributed by atoms with Crippen molar-refractivity contribution in [3.05, 3.63) is 72.1 Å². The Morgan fingerprint density at radius 3 is 2.30 bits per heavy atom. The minimum Gasteiger partial charge on any atom is -0.323 e. The molecular formula is C20H27Cl3N4O2S. The summed E-state index contributed by atoms with van der Waals surface area (Å²) in [7, 11) is -3.72. The normalized spacial score (nSPS) is 12.8. The average Bonchev–Trinajstić information content (AvgIpc) is 2.66. The number of halogens is 3. The largest absolute Gasteiger partial charge is 0.323 e. The molecule has 5 N–H and O–H groups in total. The van der Waals surface area contributed by atoms with Gasteiger partial charge in [0.1, 0.15) is 0 Å². The molecule has 3 aromatic rings. The van der Waals surface area contributed by atoms with Crippen LogP contribution in [-0.4, -0.2) is 26.5 Å². The van der Waals surface area contributed by atoms with E-state index in [4.69, 9.17) is 10.9 Å². The monoisotopic (exact) mass is 492 g/mol. The lowest BCUT2D eigenvalue weighted by Gasteiger charge is -2.17. The van der Waals surface area contributed by atoms with E-state index in [2.05, 4.69) is 17.2 Å². The van der Waals surface area contributed by atoms with Crippen LogP contribution in [0.25, 0.3) is 10.8 Å². The maximum atomic E-state index is 11.6. The molecule has 0 radical (unpaired) electrons. The van der Waals surface area contributed by atoms with Gasteiger partial charge < -0.3 is 11.1 Å². The Bertz CT molecular complexity index is 1040. The van der Waals surface area contributed by atoms with Crippen LogP contribution in [0.4, 0.5) is 0 Å². The van der Waals surface area contributed by atoms with Crippen molar-refractivity contribution in [1.82, 2.24) is 10.3 Å². The van der Waals surface area contributed by atoms with Gasteiger partial charge in [-0.1, -0.05) is 43.3 Å². The molecule has 0 aliphatic carbocycles. The van der Waals surface area contributed by atoms with Crippen molar-refractivity contribution in [1.29, 1.82) is 0 Å². The van der Waals surface area contributed by atoms with Crippen LogP contribution in [0.1, 0.15) is 30.1 Å². The topological polar surface area (TPSA) is 111 Å². The first kappa shape index (κ1) is 28.5. The van der Waals surface area contributed by atoms with Gasteiger partial charge in [0.25, 0.3) is 0 Å². The molecule has 6 nitrogen and oxygen atoms in total. The zero-order chi connectivity index (χ0) is 19.4. The predicted octanol–water partition coefficient (Wildman–Crippen LogP) is 3.54. The molecule has 0 saturated heterocycles. The molecule has 30 heavy (non-hydrogen) atoms. The highest BCUT2D eigenvalue weighted by molar-refractivity contribution is 7.89. The second-order valence-corrected chi connectivity index (χ2v) is 8.26. The van der Waals surface area contributed by atoms with Crippen molar-refractivity contribution in [2.45, 2.75) is 23.8 Å². The number of hydrogen-bond donors (Lipinski definition) is 3. The van der Waals surface area contributed by atoms with Crippen molar-refractivity contribution in [2.75, 3.05) is 13.1 Å². The van der Waals surface area contributed by atoms with Gasteiger partial charge in [0, 0.05) is 36.6 Å². The van der Waals surface area contributed by atoms with Crippen molar-refractivity contribution >= 4 is 58.0 Å². The second-order valence-electron chi connectivity index (χ2n) is 6.70. The third-order valence-corrected chi connectivity index (χ3v) is 5.52. The number of nitrogens with two attached hydrogens (primary N) is 2. The Morgan fingerprint density at radius 2 is 1.67 bits per heavy atom. The van der Waals surface area contributed by atoms with E-state index in [1.54, 1.807) is 24.4 Å². The standard InChI is InChI=1S/C20H24N4O2S.3ClH/c1-14(12-23-13-19(21)15-5-3-2-4-6-15)20-18-8-7-17(27(22,25)26)11-16(18)9-10-24-20;;;/h2-11,14,19,23H,12-13,21H2,1H3,(H2,22,25,26);3*1H/t14-,19-;;;/m1.../s1. The fourth-order valence-corrected chi connectivity index (χ4v) is 3.67. The Hall–Kier alpha value is -1.45. The van der Waals surface area contributed by atoms with Crippen molar-refractivity contribution < 1.29 is 8.42 Å². The maximum absolute atomic E-state index is 11.6. The molecule has 0 bridgehead atoms. The highest BCUT2D eigenvalue weighted by Crippen LogP contribution is 2.25. The van der Waals surface area contributed by atoms with E-state index < -0.39 is 10.0 Å². The summed E-state index contributed by atoms with van der Waals surface area (Å²) in [5, 5.41) is 10.4. The molecule has 0 amide bonds. The highest BCUT2D eigenvalue weighted by atomic mass is 35.5. The molecule has 0 spiro atoms. The van der Waals surface area contributed by atoms with Gasteiger partial charge in [0.15, 0.2) is 0 Å². The van der Waals surface area contributed by atoms with Gasteiger partial charge in [-0.3, -0.25) is 4.98 Å². The van der Waals surface area contributed by atoms with Crippen LogP contribution in [0.15, 0.2) is 65.7 Å². The van der Waals surface area contributed by atoms with E-state index in [-0.39, 0.29) is 54.1 Å². The zero-order valence-corrected chi connectivity index (χ0v) is 19.7. The molecule has 0 saturated carbocycles. The summed E-state index contributed by atoms with van der Waals surface area (Å²) < 4.78 is 23.1. The van der Waals surface area contributed by atoms with Crippen LogP contribution < -0.4 is 16.2 Å². The SMILES string of the molecule is C[C@H](CNC[C@@H](N)c1ccccc1)c1nccc2cc(S(N)(=O)=O)ccc12.Cl.Cl.Cl. The van der Waals surface area contributed by atoms with Crippen molar-refractivity contribution in [3.63, 3.8) is 0 Å². The van der Waals surface area contributed by atoms with Gasteiger partial charge in [-0.05, 0) is 29.1 Å². The molecule has 3 rings (SSSR count). The first-order valence-electron chi connectivity index (χ1n) is 8.79. The number of nitrogens with zero attached hydrogens (tertiary/aromatic N) is 1. The zero-order valence-electron chi connectivity index (χ0n) is 16.4. The van der Waals surface area contributed by atoms with E-state index >= 15 is 0 Å². The second kappa shape index (κ2) is 12.4. The number of hydrogen-bond acceptors (Lipinski definition) is 5. The number of fused-ring (bicyclic) bond motifs is 1. The Balaban J connectivity index is 0.00000280. The summed E-state index contributed by atoms with van der Waals surface area (Å²) in [6.07, 6.45) is 1.69. The lowest BCUT2D eigenvalue weighted by atomic mass is 10.0. The van der Waals surface area contributed by atoms with Gasteiger partial charge >= 0.3 is 0 Å². The van der Waals surface area contributed by atoms with Crippen LogP contribution in [0, 0.1) is 0 Å². The van der Waals surface area contributed by atoms with Gasteiger partial charge in [-0.2, -0.15) is 0 Å². The predicted molar refractivity (Wildman–Crippen MR) is 130 cm³/mol. The summed E-state index contributed by atoms with van der Waals surface area (Å²) in [5.41, 5.74) is 8.23. The molecule has 2 atom stereocenters. The minimum atomic E-state index is -3.72. The molecule has 0 unspecified atom stereocenters. The maximum Gasteiger partial charge on any atom is 0.238 e. The molecule has 1 aromatic heterocycles. The minimum absolute atomic E-state index is 0. The van der Waals surface area contributed by atoms with E-state index in [1.807, 2.05) is 30.3 Å². The number of pyridine rings is 1. The number of sulfonamides is 1. The highest BCUT2D eigenvalue weighted by Gasteiger charge is 2.14. The van der Waals surface area contributed by atoms with Crippen LogP contribution in [0.2, 0.25) is 0 Å². The summed E-state index contributed by atoms with van der Waals surface area (Å²) in [6, 6.07) is 16.6. The van der Waals surface area contributed by atoms with Gasteiger partial charge in [-0.15, -0.1) is 37.2 Å². The van der Waals surface area contributed by atoms with E-state index in [1.165, 1.54) is 6.07 Å². The third-order valence-electron chi connectivity index (χ3n) is 4.60. The Labute approximate surface area is 196 Å². The molecule has 10 heteroatoms. The number of primary sulfonamides is 1. The molecule has 0 aliphatic heterocycles. The van der Waals surface area contributed by atoms with Gasteiger partial charge in [0.05, 0.1) is 10.6 Å². The van der Waals surface area contributed by atoms with Crippen LogP contribution in [0.5, 0.6) is 0 Å². The van der Waals surface area contributed by atoms with E-state index in [0.717, 1.165) is 22.0 Å². The van der Waals surface area contributed by atoms with E-state index in [9.17, 15) is 8.42 Å². The summed E-state index contributed by atoms with van der Waals surface area (Å²) in [6.45, 7) is 3.45. The number of nitrogens with one attached hydrogen (secondary N) is 1. The Morgan fingerprint density at radius 1 is 1.00 bits per heavy atom. The van der Waals surface area contributed by atoms with Gasteiger partial charge in [0.2, 0.25) is 10.0 Å².